The third-order valence-electron chi connectivity index (χ3n) is 5.40. The molecule has 5 aromatic heterocycles. The summed E-state index contributed by atoms with van der Waals surface area (Å²) >= 11 is 0. The molecule has 0 spiro atoms. The minimum Gasteiger partial charge on any atom is -0.508 e. The monoisotopic (exact) mass is 422 g/mol. The van der Waals surface area contributed by atoms with Gasteiger partial charge >= 0.3 is 0 Å². The second-order valence-electron chi connectivity index (χ2n) is 7.44. The molecule has 0 aliphatic heterocycles. The Kier molecular flexibility index (Phi) is 3.97. The zero-order valence-corrected chi connectivity index (χ0v) is 16.5. The Morgan fingerprint density at radius 2 is 1.78 bits per heavy atom. The molecular weight excluding hydrogens is 407 g/mol. The number of halogens is 1. The fourth-order valence-corrected chi connectivity index (χ4v) is 3.94. The number of nitrogens with zero attached hydrogens (tertiary/aromatic N) is 4. The van der Waals surface area contributed by atoms with Crippen LogP contribution in [0.15, 0.2) is 73.3 Å². The maximum atomic E-state index is 13.9. The molecule has 0 saturated carbocycles. The number of nitrogens with one attached hydrogen (secondary N) is 2. The van der Waals surface area contributed by atoms with Crippen molar-refractivity contribution in [1.29, 1.82) is 0 Å². The predicted molar refractivity (Wildman–Crippen MR) is 119 cm³/mol. The van der Waals surface area contributed by atoms with Gasteiger partial charge in [0.15, 0.2) is 5.65 Å². The van der Waals surface area contributed by atoms with Crippen molar-refractivity contribution < 1.29 is 9.50 Å². The lowest BCUT2D eigenvalue weighted by molar-refractivity contribution is 0.469. The van der Waals surface area contributed by atoms with Gasteiger partial charge in [-0.3, -0.25) is 10.1 Å². The number of aromatic hydroxyl groups is 1. The minimum atomic E-state index is -0.505. The molecule has 32 heavy (non-hydrogen) atoms. The van der Waals surface area contributed by atoms with Gasteiger partial charge in [0.2, 0.25) is 0 Å². The van der Waals surface area contributed by atoms with Gasteiger partial charge in [-0.1, -0.05) is 6.07 Å². The summed E-state index contributed by atoms with van der Waals surface area (Å²) in [7, 11) is 0. The van der Waals surface area contributed by atoms with Crippen LogP contribution in [0, 0.1) is 5.82 Å². The topological polar surface area (TPSA) is 103 Å². The van der Waals surface area contributed by atoms with Crippen LogP contribution in [-0.4, -0.2) is 35.2 Å². The van der Waals surface area contributed by atoms with Gasteiger partial charge in [0, 0.05) is 52.8 Å². The molecule has 7 nitrogen and oxygen atoms in total. The molecule has 6 aromatic rings. The van der Waals surface area contributed by atoms with Crippen LogP contribution in [0.3, 0.4) is 0 Å². The summed E-state index contributed by atoms with van der Waals surface area (Å²) in [4.78, 5) is 16.4. The predicted octanol–water partition coefficient (Wildman–Crippen LogP) is 5.07. The van der Waals surface area contributed by atoms with E-state index in [4.69, 9.17) is 0 Å². The number of aromatic amines is 2. The first-order valence-corrected chi connectivity index (χ1v) is 9.88. The van der Waals surface area contributed by atoms with Crippen molar-refractivity contribution in [2.45, 2.75) is 0 Å². The highest BCUT2D eigenvalue weighted by atomic mass is 19.1. The number of phenolic OH excluding ortho intramolecular Hbond substituents is 1. The van der Waals surface area contributed by atoms with Gasteiger partial charge in [0.05, 0.1) is 11.4 Å². The van der Waals surface area contributed by atoms with Gasteiger partial charge in [-0.05, 0) is 47.5 Å². The van der Waals surface area contributed by atoms with Crippen LogP contribution >= 0.6 is 0 Å². The fourth-order valence-electron chi connectivity index (χ4n) is 3.94. The van der Waals surface area contributed by atoms with Crippen LogP contribution in [0.4, 0.5) is 4.39 Å². The van der Waals surface area contributed by atoms with Crippen LogP contribution in [0.5, 0.6) is 5.75 Å². The first kappa shape index (κ1) is 18.2. The van der Waals surface area contributed by atoms with E-state index in [2.05, 4.69) is 30.1 Å². The van der Waals surface area contributed by atoms with Crippen LogP contribution in [0.25, 0.3) is 55.7 Å². The second-order valence-corrected chi connectivity index (χ2v) is 7.44. The highest BCUT2D eigenvalue weighted by molar-refractivity contribution is 5.99. The van der Waals surface area contributed by atoms with E-state index in [1.165, 1.54) is 12.1 Å². The zero-order valence-electron chi connectivity index (χ0n) is 16.5. The number of fused-ring (bicyclic) bond motifs is 2. The molecule has 0 saturated heterocycles. The van der Waals surface area contributed by atoms with Crippen molar-refractivity contribution in [3.05, 3.63) is 79.1 Å². The van der Waals surface area contributed by atoms with Crippen molar-refractivity contribution >= 4 is 22.1 Å². The number of benzene rings is 1. The Labute approximate surface area is 180 Å². The standard InChI is InChI=1S/C24H15FN6O/c25-16-6-14(7-17(32)9-16)18-3-5-27-23-19(18)10-21(29-23)22-20-8-15(12-28-24(20)31-30-22)13-2-1-4-26-11-13/h1-12,32H,(H,27,29)(H,28,30,31). The molecule has 0 atom stereocenters. The Balaban J connectivity index is 1.52. The van der Waals surface area contributed by atoms with Crippen molar-refractivity contribution in [1.82, 2.24) is 30.1 Å². The number of pyridine rings is 3. The molecule has 0 radical (unpaired) electrons. The molecule has 8 heteroatoms. The van der Waals surface area contributed by atoms with Gasteiger partial charge in [-0.2, -0.15) is 5.10 Å². The van der Waals surface area contributed by atoms with Gasteiger partial charge in [0.1, 0.15) is 17.2 Å². The van der Waals surface area contributed by atoms with Gasteiger partial charge < -0.3 is 10.1 Å². The highest BCUT2D eigenvalue weighted by Gasteiger charge is 2.15. The van der Waals surface area contributed by atoms with Crippen LogP contribution in [-0.2, 0) is 0 Å². The fraction of sp³-hybridized carbons (Fsp3) is 0. The number of phenols is 1. The first-order chi connectivity index (χ1) is 15.7. The number of hydrogen-bond acceptors (Lipinski definition) is 5. The van der Waals surface area contributed by atoms with E-state index in [9.17, 15) is 9.50 Å². The lowest BCUT2D eigenvalue weighted by Crippen LogP contribution is -1.84. The van der Waals surface area contributed by atoms with E-state index in [0.717, 1.165) is 44.9 Å². The maximum absolute atomic E-state index is 13.9. The van der Waals surface area contributed by atoms with E-state index in [1.54, 1.807) is 30.9 Å². The molecule has 0 amide bonds. The quantitative estimate of drug-likeness (QED) is 0.369. The Morgan fingerprint density at radius 3 is 2.62 bits per heavy atom. The third-order valence-corrected chi connectivity index (χ3v) is 5.40. The van der Waals surface area contributed by atoms with E-state index < -0.39 is 5.82 Å². The molecule has 6 rings (SSSR count). The molecule has 0 aliphatic carbocycles. The average molecular weight is 422 g/mol. The highest BCUT2D eigenvalue weighted by Crippen LogP contribution is 2.35. The summed E-state index contributed by atoms with van der Waals surface area (Å²) < 4.78 is 13.9. The van der Waals surface area contributed by atoms with E-state index in [-0.39, 0.29) is 5.75 Å². The summed E-state index contributed by atoms with van der Waals surface area (Å²) in [5.74, 6) is -0.636. The van der Waals surface area contributed by atoms with E-state index >= 15 is 0 Å². The normalized spacial score (nSPS) is 11.4. The first-order valence-electron chi connectivity index (χ1n) is 9.88. The summed E-state index contributed by atoms with van der Waals surface area (Å²) in [6.45, 7) is 0. The van der Waals surface area contributed by atoms with E-state index in [0.29, 0.717) is 16.9 Å². The SMILES string of the molecule is Oc1cc(F)cc(-c2ccnc3[nH]c(-c4[nH]nc5ncc(-c6cccnc6)cc45)cc23)c1. The number of aromatic nitrogens is 6. The van der Waals surface area contributed by atoms with Crippen molar-refractivity contribution in [2.75, 3.05) is 0 Å². The lowest BCUT2D eigenvalue weighted by Gasteiger charge is -2.04. The van der Waals surface area contributed by atoms with Crippen LogP contribution < -0.4 is 0 Å². The van der Waals surface area contributed by atoms with Gasteiger partial charge in [-0.25, -0.2) is 14.4 Å². The number of rotatable bonds is 3. The van der Waals surface area contributed by atoms with Gasteiger partial charge in [0.25, 0.3) is 0 Å². The van der Waals surface area contributed by atoms with E-state index in [1.807, 2.05) is 24.3 Å². The summed E-state index contributed by atoms with van der Waals surface area (Å²) in [6.07, 6.45) is 6.93. The molecule has 154 valence electrons. The third kappa shape index (κ3) is 2.97. The Hall–Kier alpha value is -4.59. The summed E-state index contributed by atoms with van der Waals surface area (Å²) in [5.41, 5.74) is 5.98. The van der Waals surface area contributed by atoms with Crippen LogP contribution in [0.2, 0.25) is 0 Å². The maximum Gasteiger partial charge on any atom is 0.181 e. The summed E-state index contributed by atoms with van der Waals surface area (Å²) in [5, 5.41) is 18.9. The molecule has 1 aromatic carbocycles. The van der Waals surface area contributed by atoms with Crippen molar-refractivity contribution in [3.63, 3.8) is 0 Å². The van der Waals surface area contributed by atoms with Gasteiger partial charge in [-0.15, -0.1) is 0 Å². The largest absolute Gasteiger partial charge is 0.508 e. The Bertz CT molecular complexity index is 1590. The lowest BCUT2D eigenvalue weighted by atomic mass is 10.0. The molecule has 0 aliphatic rings. The molecule has 0 unspecified atom stereocenters. The second kappa shape index (κ2) is 6.98. The summed E-state index contributed by atoms with van der Waals surface area (Å²) in [6, 6.07) is 13.6. The smallest absolute Gasteiger partial charge is 0.181 e. The zero-order chi connectivity index (χ0) is 21.7. The van der Waals surface area contributed by atoms with Crippen molar-refractivity contribution in [3.8, 4) is 39.4 Å². The molecule has 5 heterocycles. The minimum absolute atomic E-state index is 0.130. The average Bonchev–Trinajstić information content (AvgIpc) is 3.42. The number of hydrogen-bond donors (Lipinski definition) is 3. The van der Waals surface area contributed by atoms with Crippen LogP contribution in [0.1, 0.15) is 0 Å². The molecule has 0 bridgehead atoms. The number of H-pyrrole nitrogens is 2. The Morgan fingerprint density at radius 1 is 0.844 bits per heavy atom. The molecule has 0 fully saturated rings. The van der Waals surface area contributed by atoms with Crippen molar-refractivity contribution in [2.24, 2.45) is 0 Å². The molecular formula is C24H15FN6O. The molecule has 3 N–H and O–H groups in total.